The normalized spacial score (nSPS) is 17.2. The smallest absolute Gasteiger partial charge is 0.148 e. The maximum absolute atomic E-state index is 13.3. The van der Waals surface area contributed by atoms with E-state index in [1.165, 1.54) is 18.2 Å². The average Bonchev–Trinajstić information content (AvgIpc) is 2.57. The van der Waals surface area contributed by atoms with E-state index >= 15 is 0 Å². The zero-order valence-corrected chi connectivity index (χ0v) is 16.4. The van der Waals surface area contributed by atoms with E-state index in [1.807, 2.05) is 26.8 Å². The van der Waals surface area contributed by atoms with E-state index < -0.39 is 11.7 Å². The maximum Gasteiger partial charge on any atom is 0.148 e. The molecule has 0 N–H and O–H groups in total. The highest BCUT2D eigenvalue weighted by molar-refractivity contribution is 6.30. The van der Waals surface area contributed by atoms with Gasteiger partial charge in [0.1, 0.15) is 34.8 Å². The minimum absolute atomic E-state index is 0.0298. The third-order valence-electron chi connectivity index (χ3n) is 4.89. The van der Waals surface area contributed by atoms with Crippen LogP contribution in [0.2, 0.25) is 5.02 Å². The molecule has 0 bridgehead atoms. The lowest BCUT2D eigenvalue weighted by molar-refractivity contribution is -0.135. The van der Waals surface area contributed by atoms with E-state index in [9.17, 15) is 14.0 Å². The van der Waals surface area contributed by atoms with Crippen molar-refractivity contribution in [3.05, 3.63) is 58.4 Å². The topological polar surface area (TPSA) is 43.4 Å². The molecule has 142 valence electrons. The van der Waals surface area contributed by atoms with E-state index in [-0.39, 0.29) is 22.0 Å². The van der Waals surface area contributed by atoms with E-state index in [4.69, 9.17) is 16.3 Å². The standard InChI is InChI=1S/C22H22ClFO3/c1-4-13-5-6-14(27-15-7-8-18(24)17(23)10-15)9-16(13)21-19(25)11-22(2,3)12-20(21)26/h5-10,21H,4,11-12H2,1-3H3. The summed E-state index contributed by atoms with van der Waals surface area (Å²) in [5.74, 6) is -0.490. The third kappa shape index (κ3) is 4.22. The van der Waals surface area contributed by atoms with Crippen LogP contribution in [0.4, 0.5) is 4.39 Å². The third-order valence-corrected chi connectivity index (χ3v) is 5.18. The second kappa shape index (κ2) is 7.43. The van der Waals surface area contributed by atoms with Gasteiger partial charge >= 0.3 is 0 Å². The Morgan fingerprint density at radius 2 is 1.67 bits per heavy atom. The van der Waals surface area contributed by atoms with E-state index in [2.05, 4.69) is 0 Å². The van der Waals surface area contributed by atoms with E-state index in [0.29, 0.717) is 36.3 Å². The Hall–Kier alpha value is -2.20. The fourth-order valence-electron chi connectivity index (χ4n) is 3.64. The molecule has 0 spiro atoms. The highest BCUT2D eigenvalue weighted by Gasteiger charge is 2.41. The summed E-state index contributed by atoms with van der Waals surface area (Å²) >= 11 is 5.80. The summed E-state index contributed by atoms with van der Waals surface area (Å²) in [4.78, 5) is 25.4. The molecule has 0 saturated heterocycles. The minimum Gasteiger partial charge on any atom is -0.457 e. The first-order chi connectivity index (χ1) is 12.7. The summed E-state index contributed by atoms with van der Waals surface area (Å²) in [5, 5.41) is -0.0298. The molecule has 1 aliphatic rings. The van der Waals surface area contributed by atoms with Crippen LogP contribution >= 0.6 is 11.6 Å². The zero-order valence-electron chi connectivity index (χ0n) is 15.6. The Labute approximate surface area is 163 Å². The molecule has 0 aromatic heterocycles. The molecular formula is C22H22ClFO3. The molecule has 0 heterocycles. The molecule has 2 aromatic carbocycles. The van der Waals surface area contributed by atoms with Gasteiger partial charge in [0.05, 0.1) is 5.02 Å². The van der Waals surface area contributed by atoms with Gasteiger partial charge in [0.15, 0.2) is 0 Å². The SMILES string of the molecule is CCc1ccc(Oc2ccc(F)c(Cl)c2)cc1C1C(=O)CC(C)(C)CC1=O. The molecule has 3 nitrogen and oxygen atoms in total. The van der Waals surface area contributed by atoms with Crippen molar-refractivity contribution in [1.82, 2.24) is 0 Å². The van der Waals surface area contributed by atoms with Gasteiger partial charge in [-0.2, -0.15) is 0 Å². The van der Waals surface area contributed by atoms with Gasteiger partial charge in [-0.25, -0.2) is 4.39 Å². The first-order valence-electron chi connectivity index (χ1n) is 9.01. The van der Waals surface area contributed by atoms with Crippen LogP contribution in [-0.2, 0) is 16.0 Å². The number of Topliss-reactive ketones (excluding diaryl/α,β-unsaturated/α-hetero) is 2. The van der Waals surface area contributed by atoms with Gasteiger partial charge < -0.3 is 4.74 Å². The maximum atomic E-state index is 13.3. The van der Waals surface area contributed by atoms with Gasteiger partial charge in [-0.1, -0.05) is 38.4 Å². The van der Waals surface area contributed by atoms with Crippen molar-refractivity contribution in [3.63, 3.8) is 0 Å². The van der Waals surface area contributed by atoms with Crippen molar-refractivity contribution in [3.8, 4) is 11.5 Å². The second-order valence-electron chi connectivity index (χ2n) is 7.78. The first-order valence-corrected chi connectivity index (χ1v) is 9.39. The van der Waals surface area contributed by atoms with Crippen LogP contribution < -0.4 is 4.74 Å². The molecule has 3 rings (SSSR count). The van der Waals surface area contributed by atoms with Crippen LogP contribution in [0, 0.1) is 11.2 Å². The van der Waals surface area contributed by atoms with Gasteiger partial charge in [0.25, 0.3) is 0 Å². The molecule has 1 fully saturated rings. The second-order valence-corrected chi connectivity index (χ2v) is 8.18. The molecule has 0 amide bonds. The molecule has 0 unspecified atom stereocenters. The number of ether oxygens (including phenoxy) is 1. The Balaban J connectivity index is 1.95. The number of rotatable bonds is 4. The Morgan fingerprint density at radius 1 is 1.07 bits per heavy atom. The van der Waals surface area contributed by atoms with Crippen molar-refractivity contribution in [2.75, 3.05) is 0 Å². The lowest BCUT2D eigenvalue weighted by atomic mass is 9.69. The van der Waals surface area contributed by atoms with E-state index in [0.717, 1.165) is 5.56 Å². The summed E-state index contributed by atoms with van der Waals surface area (Å²) in [5.41, 5.74) is 1.36. The molecule has 0 atom stereocenters. The number of aryl methyl sites for hydroxylation is 1. The van der Waals surface area contributed by atoms with Gasteiger partial charge in [-0.05, 0) is 47.2 Å². The quantitative estimate of drug-likeness (QED) is 0.614. The lowest BCUT2D eigenvalue weighted by Gasteiger charge is -2.33. The van der Waals surface area contributed by atoms with Crippen molar-refractivity contribution in [2.24, 2.45) is 5.41 Å². The highest BCUT2D eigenvalue weighted by Crippen LogP contribution is 2.40. The van der Waals surface area contributed by atoms with Crippen LogP contribution in [0.15, 0.2) is 36.4 Å². The number of benzene rings is 2. The fraction of sp³-hybridized carbons (Fsp3) is 0.364. The number of carbonyl (C=O) groups excluding carboxylic acids is 2. The monoisotopic (exact) mass is 388 g/mol. The predicted octanol–water partition coefficient (Wildman–Crippen LogP) is 5.88. The predicted molar refractivity (Wildman–Crippen MR) is 103 cm³/mol. The van der Waals surface area contributed by atoms with Crippen molar-refractivity contribution >= 4 is 23.2 Å². The number of halogens is 2. The van der Waals surface area contributed by atoms with Crippen molar-refractivity contribution < 1.29 is 18.7 Å². The van der Waals surface area contributed by atoms with Crippen molar-refractivity contribution in [2.45, 2.75) is 46.0 Å². The van der Waals surface area contributed by atoms with Crippen LogP contribution in [0.1, 0.15) is 50.7 Å². The van der Waals surface area contributed by atoms with Crippen LogP contribution in [0.3, 0.4) is 0 Å². The summed E-state index contributed by atoms with van der Waals surface area (Å²) < 4.78 is 19.1. The summed E-state index contributed by atoms with van der Waals surface area (Å²) in [7, 11) is 0. The Morgan fingerprint density at radius 3 is 2.26 bits per heavy atom. The molecule has 1 aliphatic carbocycles. The van der Waals surface area contributed by atoms with Crippen molar-refractivity contribution in [1.29, 1.82) is 0 Å². The van der Waals surface area contributed by atoms with Crippen LogP contribution in [0.25, 0.3) is 0 Å². The summed E-state index contributed by atoms with van der Waals surface area (Å²) in [6, 6.07) is 9.50. The molecule has 2 aromatic rings. The molecular weight excluding hydrogens is 367 g/mol. The van der Waals surface area contributed by atoms with E-state index in [1.54, 1.807) is 12.1 Å². The first kappa shape index (κ1) is 19.6. The van der Waals surface area contributed by atoms with Crippen LogP contribution in [-0.4, -0.2) is 11.6 Å². The number of hydrogen-bond acceptors (Lipinski definition) is 3. The molecule has 27 heavy (non-hydrogen) atoms. The highest BCUT2D eigenvalue weighted by atomic mass is 35.5. The molecule has 0 radical (unpaired) electrons. The number of carbonyl (C=O) groups is 2. The van der Waals surface area contributed by atoms with Gasteiger partial charge in [-0.3, -0.25) is 9.59 Å². The fourth-order valence-corrected chi connectivity index (χ4v) is 3.81. The number of hydrogen-bond donors (Lipinski definition) is 0. The van der Waals surface area contributed by atoms with Crippen LogP contribution in [0.5, 0.6) is 11.5 Å². The zero-order chi connectivity index (χ0) is 19.8. The van der Waals surface area contributed by atoms with Gasteiger partial charge in [-0.15, -0.1) is 0 Å². The molecule has 5 heteroatoms. The number of ketones is 2. The van der Waals surface area contributed by atoms with Gasteiger partial charge in [0, 0.05) is 18.9 Å². The Kier molecular flexibility index (Phi) is 5.38. The summed E-state index contributed by atoms with van der Waals surface area (Å²) in [6.45, 7) is 5.87. The molecule has 0 aliphatic heterocycles. The minimum atomic E-state index is -0.742. The summed E-state index contributed by atoms with van der Waals surface area (Å²) in [6.07, 6.45) is 1.47. The molecule has 1 saturated carbocycles. The lowest BCUT2D eigenvalue weighted by Crippen LogP contribution is -2.36. The Bertz CT molecular complexity index is 884. The van der Waals surface area contributed by atoms with Gasteiger partial charge in [0.2, 0.25) is 0 Å². The largest absolute Gasteiger partial charge is 0.457 e. The average molecular weight is 389 g/mol.